The number of carbonyl (C=O) groups is 1. The Morgan fingerprint density at radius 1 is 1.08 bits per heavy atom. The van der Waals surface area contributed by atoms with E-state index in [0.717, 1.165) is 48.0 Å². The fourth-order valence-corrected chi connectivity index (χ4v) is 5.34. The first-order chi connectivity index (χ1) is 11.7. The van der Waals surface area contributed by atoms with E-state index in [1.165, 1.54) is 25.7 Å². The molecule has 5 rings (SSSR count). The van der Waals surface area contributed by atoms with Crippen LogP contribution in [-0.2, 0) is 0 Å². The Labute approximate surface area is 144 Å². The zero-order valence-electron chi connectivity index (χ0n) is 14.5. The minimum atomic E-state index is 0.135. The van der Waals surface area contributed by atoms with Gasteiger partial charge in [-0.1, -0.05) is 0 Å². The van der Waals surface area contributed by atoms with Crippen molar-refractivity contribution in [2.24, 2.45) is 23.7 Å². The van der Waals surface area contributed by atoms with Crippen molar-refractivity contribution >= 4 is 11.6 Å². The van der Waals surface area contributed by atoms with Crippen molar-refractivity contribution in [3.63, 3.8) is 0 Å². The van der Waals surface area contributed by atoms with Crippen molar-refractivity contribution in [2.45, 2.75) is 25.7 Å². The first-order valence-corrected chi connectivity index (χ1v) is 9.38. The molecule has 4 aliphatic rings. The van der Waals surface area contributed by atoms with E-state index in [0.29, 0.717) is 6.54 Å². The Bertz CT molecular complexity index is 572. The highest BCUT2D eigenvalue weighted by molar-refractivity contribution is 5.94. The predicted octanol–water partition coefficient (Wildman–Crippen LogP) is 2.62. The summed E-state index contributed by atoms with van der Waals surface area (Å²) in [6.07, 6.45) is 5.55. The van der Waals surface area contributed by atoms with Gasteiger partial charge in [-0.2, -0.15) is 0 Å². The largest absolute Gasteiger partial charge is 0.395 e. The molecule has 1 saturated heterocycles. The molecule has 24 heavy (non-hydrogen) atoms. The number of anilines is 1. The van der Waals surface area contributed by atoms with E-state index < -0.39 is 0 Å². The van der Waals surface area contributed by atoms with Crippen molar-refractivity contribution in [1.82, 2.24) is 4.90 Å². The molecule has 3 aliphatic carbocycles. The van der Waals surface area contributed by atoms with Crippen LogP contribution in [0.1, 0.15) is 36.0 Å². The topological polar surface area (TPSA) is 43.8 Å². The fraction of sp³-hybridized carbons (Fsp3) is 0.650. The van der Waals surface area contributed by atoms with Crippen molar-refractivity contribution in [3.8, 4) is 0 Å². The number of rotatable bonds is 4. The van der Waals surface area contributed by atoms with E-state index in [-0.39, 0.29) is 12.5 Å². The van der Waals surface area contributed by atoms with Crippen molar-refractivity contribution in [1.29, 1.82) is 0 Å². The summed E-state index contributed by atoms with van der Waals surface area (Å²) in [5.74, 6) is 3.45. The Hall–Kier alpha value is -1.55. The molecule has 1 aromatic rings. The van der Waals surface area contributed by atoms with Crippen LogP contribution in [0.2, 0.25) is 0 Å². The molecule has 0 radical (unpaired) electrons. The van der Waals surface area contributed by atoms with Crippen LogP contribution in [0.25, 0.3) is 0 Å². The molecule has 2 atom stereocenters. The summed E-state index contributed by atoms with van der Waals surface area (Å²) in [6, 6.07) is 7.83. The number of hydrogen-bond donors (Lipinski definition) is 1. The zero-order chi connectivity index (χ0) is 16.7. The highest BCUT2D eigenvalue weighted by Crippen LogP contribution is 2.51. The van der Waals surface area contributed by atoms with Crippen LogP contribution in [0.3, 0.4) is 0 Å². The third-order valence-corrected chi connectivity index (χ3v) is 6.72. The Morgan fingerprint density at radius 3 is 2.12 bits per heavy atom. The van der Waals surface area contributed by atoms with Crippen LogP contribution < -0.4 is 4.90 Å². The van der Waals surface area contributed by atoms with Gasteiger partial charge in [-0.15, -0.1) is 0 Å². The van der Waals surface area contributed by atoms with E-state index in [9.17, 15) is 4.79 Å². The van der Waals surface area contributed by atoms with Gasteiger partial charge in [0, 0.05) is 37.9 Å². The summed E-state index contributed by atoms with van der Waals surface area (Å²) in [5, 5.41) is 9.03. The second kappa shape index (κ2) is 6.40. The van der Waals surface area contributed by atoms with Gasteiger partial charge in [-0.05, 0) is 73.6 Å². The molecule has 2 bridgehead atoms. The molecule has 1 N–H and O–H groups in total. The number of amides is 1. The van der Waals surface area contributed by atoms with Crippen LogP contribution in [0.5, 0.6) is 0 Å². The van der Waals surface area contributed by atoms with Crippen molar-refractivity contribution < 1.29 is 9.90 Å². The average Bonchev–Trinajstić information content (AvgIpc) is 3.10. The molecule has 1 heterocycles. The van der Waals surface area contributed by atoms with Crippen molar-refractivity contribution in [3.05, 3.63) is 29.8 Å². The number of nitrogens with zero attached hydrogens (tertiary/aromatic N) is 2. The lowest BCUT2D eigenvalue weighted by Gasteiger charge is -2.44. The minimum absolute atomic E-state index is 0.135. The lowest BCUT2D eigenvalue weighted by molar-refractivity contribution is 0.0577. The summed E-state index contributed by atoms with van der Waals surface area (Å²) in [6.45, 7) is 2.68. The van der Waals surface area contributed by atoms with Crippen LogP contribution in [0.4, 0.5) is 5.69 Å². The van der Waals surface area contributed by atoms with E-state index in [4.69, 9.17) is 5.11 Å². The Balaban J connectivity index is 1.45. The van der Waals surface area contributed by atoms with Gasteiger partial charge in [-0.25, -0.2) is 0 Å². The standard InChI is InChI=1S/C20H28N2O2/c1-21(10-11-23)17-8-6-16(7-9-17)20(24)22-12-18-14-2-3-15(5-4-14)19(18)13-22/h6-9,14-15,18-19,23H,2-5,10-13H2,1H3/t14?,15?,18-,19+. The third-order valence-electron chi connectivity index (χ3n) is 6.72. The second-order valence-corrected chi connectivity index (χ2v) is 7.90. The monoisotopic (exact) mass is 328 g/mol. The number of carbonyl (C=O) groups excluding carboxylic acids is 1. The number of likely N-dealkylation sites (N-methyl/N-ethyl adjacent to an activating group) is 1. The number of aliphatic hydroxyl groups is 1. The Morgan fingerprint density at radius 2 is 1.62 bits per heavy atom. The number of fused-ring (bicyclic) bond motifs is 2. The molecule has 3 saturated carbocycles. The van der Waals surface area contributed by atoms with Gasteiger partial charge in [0.25, 0.3) is 5.91 Å². The molecule has 4 heteroatoms. The van der Waals surface area contributed by atoms with Crippen LogP contribution in [0.15, 0.2) is 24.3 Å². The summed E-state index contributed by atoms with van der Waals surface area (Å²) < 4.78 is 0. The van der Waals surface area contributed by atoms with E-state index in [1.807, 2.05) is 36.2 Å². The highest BCUT2D eigenvalue weighted by Gasteiger charge is 2.49. The lowest BCUT2D eigenvalue weighted by atomic mass is 9.60. The van der Waals surface area contributed by atoms with Gasteiger partial charge in [-0.3, -0.25) is 4.79 Å². The van der Waals surface area contributed by atoms with Crippen LogP contribution in [0, 0.1) is 23.7 Å². The Kier molecular flexibility index (Phi) is 4.25. The number of likely N-dealkylation sites (tertiary alicyclic amines) is 1. The minimum Gasteiger partial charge on any atom is -0.395 e. The molecule has 1 aromatic carbocycles. The summed E-state index contributed by atoms with van der Waals surface area (Å²) in [4.78, 5) is 17.0. The molecule has 4 fully saturated rings. The molecule has 0 spiro atoms. The third kappa shape index (κ3) is 2.71. The first-order valence-electron chi connectivity index (χ1n) is 9.38. The smallest absolute Gasteiger partial charge is 0.253 e. The average molecular weight is 328 g/mol. The predicted molar refractivity (Wildman–Crippen MR) is 95.1 cm³/mol. The molecule has 130 valence electrons. The molecule has 1 aliphatic heterocycles. The van der Waals surface area contributed by atoms with Gasteiger partial charge in [0.1, 0.15) is 0 Å². The fourth-order valence-electron chi connectivity index (χ4n) is 5.34. The molecule has 4 nitrogen and oxygen atoms in total. The lowest BCUT2D eigenvalue weighted by Crippen LogP contribution is -2.38. The molecule has 0 unspecified atom stereocenters. The normalized spacial score (nSPS) is 31.2. The summed E-state index contributed by atoms with van der Waals surface area (Å²) in [5.41, 5.74) is 1.83. The van der Waals surface area contributed by atoms with Gasteiger partial charge in [0.15, 0.2) is 0 Å². The maximum atomic E-state index is 12.9. The molecule has 1 amide bonds. The maximum absolute atomic E-state index is 12.9. The SMILES string of the molecule is CN(CCO)c1ccc(C(=O)N2C[C@@H]3C4CCC(CC4)[C@@H]3C2)cc1. The van der Waals surface area contributed by atoms with Crippen LogP contribution >= 0.6 is 0 Å². The van der Waals surface area contributed by atoms with Gasteiger partial charge in [0.05, 0.1) is 6.61 Å². The molecule has 0 aromatic heterocycles. The van der Waals surface area contributed by atoms with Crippen LogP contribution in [-0.4, -0.2) is 49.2 Å². The number of benzene rings is 1. The molecular weight excluding hydrogens is 300 g/mol. The van der Waals surface area contributed by atoms with E-state index >= 15 is 0 Å². The van der Waals surface area contributed by atoms with Gasteiger partial charge < -0.3 is 14.9 Å². The number of hydrogen-bond acceptors (Lipinski definition) is 3. The maximum Gasteiger partial charge on any atom is 0.253 e. The number of aliphatic hydroxyl groups excluding tert-OH is 1. The van der Waals surface area contributed by atoms with Gasteiger partial charge >= 0.3 is 0 Å². The first kappa shape index (κ1) is 15.9. The quantitative estimate of drug-likeness (QED) is 0.924. The zero-order valence-corrected chi connectivity index (χ0v) is 14.5. The summed E-state index contributed by atoms with van der Waals surface area (Å²) >= 11 is 0. The summed E-state index contributed by atoms with van der Waals surface area (Å²) in [7, 11) is 1.95. The molecular formula is C20H28N2O2. The van der Waals surface area contributed by atoms with E-state index in [1.54, 1.807) is 0 Å². The highest BCUT2D eigenvalue weighted by atomic mass is 16.3. The van der Waals surface area contributed by atoms with Crippen molar-refractivity contribution in [2.75, 3.05) is 38.2 Å². The van der Waals surface area contributed by atoms with E-state index in [2.05, 4.69) is 4.90 Å². The van der Waals surface area contributed by atoms with Gasteiger partial charge in [0.2, 0.25) is 0 Å². The second-order valence-electron chi connectivity index (χ2n) is 7.90.